The minimum Gasteiger partial charge on any atom is -0.456 e. The van der Waals surface area contributed by atoms with E-state index in [0.717, 1.165) is 21.9 Å². The van der Waals surface area contributed by atoms with Gasteiger partial charge in [0.2, 0.25) is 0 Å². The first-order chi connectivity index (χ1) is 26.2. The number of benzene rings is 8. The van der Waals surface area contributed by atoms with E-state index in [1.165, 1.54) is 76.8 Å². The van der Waals surface area contributed by atoms with Gasteiger partial charge in [-0.25, -0.2) is 0 Å². The van der Waals surface area contributed by atoms with Gasteiger partial charge in [-0.2, -0.15) is 0 Å². The van der Waals surface area contributed by atoms with Gasteiger partial charge in [0.05, 0.1) is 0 Å². The number of furan rings is 1. The van der Waals surface area contributed by atoms with Crippen LogP contribution in [0.4, 0.5) is 0 Å². The van der Waals surface area contributed by atoms with Gasteiger partial charge in [-0.15, -0.1) is 0 Å². The average Bonchev–Trinajstić information content (AvgIpc) is 3.59. The molecule has 0 saturated carbocycles. The van der Waals surface area contributed by atoms with E-state index in [1.54, 1.807) is 0 Å². The van der Waals surface area contributed by atoms with Gasteiger partial charge in [-0.1, -0.05) is 152 Å². The van der Waals surface area contributed by atoms with Crippen LogP contribution in [0.15, 0.2) is 211 Å². The lowest BCUT2D eigenvalue weighted by atomic mass is 9.95. The Kier molecular flexibility index (Phi) is 7.55. The van der Waals surface area contributed by atoms with Crippen LogP contribution in [-0.2, 0) is 0 Å². The predicted molar refractivity (Wildman–Crippen MR) is 226 cm³/mol. The Morgan fingerprint density at radius 2 is 0.528 bits per heavy atom. The van der Waals surface area contributed by atoms with Crippen LogP contribution in [0, 0.1) is 0 Å². The van der Waals surface area contributed by atoms with E-state index in [2.05, 4.69) is 188 Å². The molecule has 0 unspecified atom stereocenters. The Balaban J connectivity index is 1.01. The molecule has 0 fully saturated rings. The quantitative estimate of drug-likeness (QED) is 0.181. The standard InChI is InChI=1S/C52H34O/c1-2-4-6-10-35(11-7-5-3-1)40-19-15-37-17-22-43(31-47(37)29-40)45-24-26-51-49(33-45)50-34-46(25-27-52(50)53-51)44-23-18-38-16-21-42(30-48(38)32-44)41-20-14-36-12-8-9-13-39(36)28-41/h1-34H. The number of fused-ring (bicyclic) bond motifs is 6. The van der Waals surface area contributed by atoms with E-state index < -0.39 is 0 Å². The Hall–Kier alpha value is -6.96. The van der Waals surface area contributed by atoms with E-state index in [4.69, 9.17) is 4.42 Å². The number of rotatable bonds is 4. The maximum atomic E-state index is 6.36. The van der Waals surface area contributed by atoms with Gasteiger partial charge in [0.1, 0.15) is 11.2 Å². The van der Waals surface area contributed by atoms with Crippen LogP contribution in [0.1, 0.15) is 0 Å². The highest BCUT2D eigenvalue weighted by Gasteiger charge is 2.12. The van der Waals surface area contributed by atoms with Crippen molar-refractivity contribution in [2.24, 2.45) is 0 Å². The van der Waals surface area contributed by atoms with E-state index in [0.29, 0.717) is 0 Å². The molecule has 0 aliphatic rings. The van der Waals surface area contributed by atoms with Crippen LogP contribution < -0.4 is 0 Å². The van der Waals surface area contributed by atoms with Crippen LogP contribution in [0.2, 0.25) is 0 Å². The molecule has 0 aliphatic carbocycles. The molecule has 0 amide bonds. The smallest absolute Gasteiger partial charge is 0.135 e. The van der Waals surface area contributed by atoms with Crippen LogP contribution in [0.5, 0.6) is 0 Å². The summed E-state index contributed by atoms with van der Waals surface area (Å²) in [6, 6.07) is 74.2. The van der Waals surface area contributed by atoms with Gasteiger partial charge in [-0.3, -0.25) is 0 Å². The second kappa shape index (κ2) is 13.0. The van der Waals surface area contributed by atoms with Crippen molar-refractivity contribution in [1.29, 1.82) is 0 Å². The van der Waals surface area contributed by atoms with Crippen molar-refractivity contribution in [2.75, 3.05) is 0 Å². The normalized spacial score (nSPS) is 11.4. The lowest BCUT2D eigenvalue weighted by molar-refractivity contribution is 0.669. The molecule has 0 N–H and O–H groups in total. The van der Waals surface area contributed by atoms with Crippen LogP contribution >= 0.6 is 0 Å². The van der Waals surface area contributed by atoms with Crippen molar-refractivity contribution in [1.82, 2.24) is 0 Å². The van der Waals surface area contributed by atoms with Gasteiger partial charge in [-0.05, 0) is 131 Å². The van der Waals surface area contributed by atoms with E-state index >= 15 is 0 Å². The minimum absolute atomic E-state index is 0.897. The highest BCUT2D eigenvalue weighted by atomic mass is 16.3. The third kappa shape index (κ3) is 5.89. The SMILES string of the molecule is c1ccccc(-c2ccc3ccc(-c4ccc5oc6ccc(-c7ccc8ccc(-c9ccc%10ccccc%10c9)cc8c7)cc6c5c4)cc3c2)cccc1. The third-order valence-corrected chi connectivity index (χ3v) is 10.5. The largest absolute Gasteiger partial charge is 0.456 e. The molecule has 0 bridgehead atoms. The van der Waals surface area contributed by atoms with Crippen molar-refractivity contribution < 1.29 is 4.42 Å². The zero-order valence-corrected chi connectivity index (χ0v) is 29.0. The second-order valence-electron chi connectivity index (χ2n) is 13.8. The minimum atomic E-state index is 0.897. The van der Waals surface area contributed by atoms with Crippen LogP contribution in [0.25, 0.3) is 98.8 Å². The number of hydrogen-bond acceptors (Lipinski definition) is 1. The summed E-state index contributed by atoms with van der Waals surface area (Å²) in [4.78, 5) is 0. The molecular formula is C52H34O. The summed E-state index contributed by atoms with van der Waals surface area (Å²) < 4.78 is 6.36. The second-order valence-corrected chi connectivity index (χ2v) is 13.8. The fraction of sp³-hybridized carbons (Fsp3) is 0. The molecule has 10 rings (SSSR count). The summed E-state index contributed by atoms with van der Waals surface area (Å²) in [7, 11) is 0. The van der Waals surface area contributed by atoms with Gasteiger partial charge in [0.25, 0.3) is 0 Å². The molecule has 1 aromatic heterocycles. The van der Waals surface area contributed by atoms with E-state index in [9.17, 15) is 0 Å². The molecule has 1 heterocycles. The maximum Gasteiger partial charge on any atom is 0.135 e. The summed E-state index contributed by atoms with van der Waals surface area (Å²) in [5.41, 5.74) is 11.3. The molecule has 248 valence electrons. The maximum absolute atomic E-state index is 6.36. The molecule has 53 heavy (non-hydrogen) atoms. The predicted octanol–water partition coefficient (Wildman–Crippen LogP) is 14.8. The van der Waals surface area contributed by atoms with E-state index in [-0.39, 0.29) is 0 Å². The summed E-state index contributed by atoms with van der Waals surface area (Å²) in [6.07, 6.45) is 0. The lowest BCUT2D eigenvalue weighted by Crippen LogP contribution is -1.83. The summed E-state index contributed by atoms with van der Waals surface area (Å²) >= 11 is 0. The fourth-order valence-corrected chi connectivity index (χ4v) is 7.60. The van der Waals surface area contributed by atoms with Gasteiger partial charge < -0.3 is 4.42 Å². The first-order valence-corrected chi connectivity index (χ1v) is 18.1. The van der Waals surface area contributed by atoms with Gasteiger partial charge >= 0.3 is 0 Å². The summed E-state index contributed by atoms with van der Waals surface area (Å²) in [5, 5.41) is 9.66. The van der Waals surface area contributed by atoms with Crippen molar-refractivity contribution in [3.05, 3.63) is 206 Å². The van der Waals surface area contributed by atoms with Gasteiger partial charge in [0, 0.05) is 10.8 Å². The van der Waals surface area contributed by atoms with E-state index in [1.807, 2.05) is 18.2 Å². The zero-order valence-electron chi connectivity index (χ0n) is 29.0. The molecule has 0 spiro atoms. The van der Waals surface area contributed by atoms with Crippen molar-refractivity contribution in [3.63, 3.8) is 0 Å². The molecular weight excluding hydrogens is 641 g/mol. The molecule has 0 aliphatic heterocycles. The molecule has 0 radical (unpaired) electrons. The first kappa shape index (κ1) is 30.8. The van der Waals surface area contributed by atoms with Crippen molar-refractivity contribution >= 4 is 54.3 Å². The average molecular weight is 675 g/mol. The molecule has 0 saturated heterocycles. The Morgan fingerprint density at radius 3 is 1.00 bits per heavy atom. The summed E-state index contributed by atoms with van der Waals surface area (Å²) in [6.45, 7) is 0. The Bertz CT molecular complexity index is 2900. The van der Waals surface area contributed by atoms with Crippen LogP contribution in [-0.4, -0.2) is 0 Å². The van der Waals surface area contributed by atoms with Crippen LogP contribution in [0.3, 0.4) is 0 Å². The molecule has 10 aromatic rings. The fourth-order valence-electron chi connectivity index (χ4n) is 7.60. The Morgan fingerprint density at radius 1 is 0.208 bits per heavy atom. The first-order valence-electron chi connectivity index (χ1n) is 18.1. The van der Waals surface area contributed by atoms with Gasteiger partial charge in [0.15, 0.2) is 0 Å². The molecule has 1 heteroatoms. The zero-order chi connectivity index (χ0) is 35.1. The highest BCUT2D eigenvalue weighted by Crippen LogP contribution is 2.37. The number of hydrogen-bond donors (Lipinski definition) is 0. The molecule has 1 nitrogen and oxygen atoms in total. The highest BCUT2D eigenvalue weighted by molar-refractivity contribution is 6.08. The third-order valence-electron chi connectivity index (χ3n) is 10.5. The molecule has 9 aromatic carbocycles. The topological polar surface area (TPSA) is 13.1 Å². The molecule has 0 atom stereocenters. The van der Waals surface area contributed by atoms with Crippen molar-refractivity contribution in [3.8, 4) is 44.5 Å². The Labute approximate surface area is 308 Å². The monoisotopic (exact) mass is 674 g/mol. The summed E-state index contributed by atoms with van der Waals surface area (Å²) in [5.74, 6) is 0. The van der Waals surface area contributed by atoms with Crippen molar-refractivity contribution in [2.45, 2.75) is 0 Å². The lowest BCUT2D eigenvalue weighted by Gasteiger charge is -2.09.